The topological polar surface area (TPSA) is 19.0 Å². The summed E-state index contributed by atoms with van der Waals surface area (Å²) in [6, 6.07) is 6.98. The quantitative estimate of drug-likeness (QED) is 0.834. The van der Waals surface area contributed by atoms with Crippen LogP contribution in [0.15, 0.2) is 24.3 Å². The number of aromatic amines is 1. The Morgan fingerprint density at radius 2 is 1.81 bits per heavy atom. The van der Waals surface area contributed by atoms with Gasteiger partial charge in [-0.1, -0.05) is 32.0 Å². The zero-order valence-electron chi connectivity index (χ0n) is 12.4. The van der Waals surface area contributed by atoms with Crippen molar-refractivity contribution in [3.05, 3.63) is 35.5 Å². The van der Waals surface area contributed by atoms with Crippen LogP contribution in [-0.2, 0) is 12.6 Å². The van der Waals surface area contributed by atoms with Gasteiger partial charge >= 0.3 is 6.18 Å². The maximum absolute atomic E-state index is 13.2. The van der Waals surface area contributed by atoms with Gasteiger partial charge in [0.1, 0.15) is 5.69 Å². The van der Waals surface area contributed by atoms with Gasteiger partial charge in [-0.2, -0.15) is 13.2 Å². The average molecular weight is 298 g/mol. The molecule has 0 saturated carbocycles. The van der Waals surface area contributed by atoms with Gasteiger partial charge in [0.2, 0.25) is 0 Å². The van der Waals surface area contributed by atoms with E-state index in [9.17, 15) is 13.2 Å². The lowest BCUT2D eigenvalue weighted by atomic mass is 10.1. The number of halogens is 3. The molecule has 2 rings (SSSR count). The number of H-pyrrole nitrogens is 1. The minimum absolute atomic E-state index is 0.382. The second-order valence-corrected chi connectivity index (χ2v) is 5.21. The second-order valence-electron chi connectivity index (χ2n) is 5.21. The Kier molecular flexibility index (Phi) is 4.93. The Labute approximate surface area is 122 Å². The fraction of sp³-hybridized carbons (Fsp3) is 0.500. The number of alkyl halides is 3. The summed E-state index contributed by atoms with van der Waals surface area (Å²) in [7, 11) is 0. The Balaban J connectivity index is 2.32. The molecule has 116 valence electrons. The minimum Gasteiger partial charge on any atom is -0.351 e. The van der Waals surface area contributed by atoms with Crippen LogP contribution in [0.3, 0.4) is 0 Å². The van der Waals surface area contributed by atoms with Crippen LogP contribution in [0, 0.1) is 0 Å². The molecule has 0 aliphatic carbocycles. The molecule has 0 saturated heterocycles. The summed E-state index contributed by atoms with van der Waals surface area (Å²) < 4.78 is 39.6. The molecule has 0 spiro atoms. The Morgan fingerprint density at radius 1 is 1.10 bits per heavy atom. The van der Waals surface area contributed by atoms with E-state index in [1.807, 2.05) is 6.92 Å². The van der Waals surface area contributed by atoms with Crippen molar-refractivity contribution in [3.63, 3.8) is 0 Å². The highest BCUT2D eigenvalue weighted by atomic mass is 19.4. The third-order valence-electron chi connectivity index (χ3n) is 3.76. The van der Waals surface area contributed by atoms with Crippen molar-refractivity contribution in [3.8, 4) is 0 Å². The van der Waals surface area contributed by atoms with Crippen molar-refractivity contribution in [1.82, 2.24) is 9.88 Å². The molecule has 2 aromatic rings. The van der Waals surface area contributed by atoms with Gasteiger partial charge in [-0.15, -0.1) is 0 Å². The number of para-hydroxylation sites is 1. The first-order chi connectivity index (χ1) is 9.97. The van der Waals surface area contributed by atoms with Crippen molar-refractivity contribution in [2.45, 2.75) is 32.9 Å². The molecule has 1 heterocycles. The van der Waals surface area contributed by atoms with Crippen molar-refractivity contribution in [1.29, 1.82) is 0 Å². The van der Waals surface area contributed by atoms with Gasteiger partial charge in [0.15, 0.2) is 0 Å². The largest absolute Gasteiger partial charge is 0.431 e. The average Bonchev–Trinajstić information content (AvgIpc) is 2.82. The van der Waals surface area contributed by atoms with Crippen LogP contribution in [-0.4, -0.2) is 29.5 Å². The Morgan fingerprint density at radius 3 is 2.43 bits per heavy atom. The minimum atomic E-state index is -4.34. The number of fused-ring (bicyclic) bond motifs is 1. The molecule has 0 radical (unpaired) electrons. The molecule has 0 bridgehead atoms. The second kappa shape index (κ2) is 6.52. The predicted molar refractivity (Wildman–Crippen MR) is 79.4 cm³/mol. The number of likely N-dealkylation sites (N-methyl/N-ethyl adjacent to an activating group) is 1. The van der Waals surface area contributed by atoms with Crippen LogP contribution in [0.25, 0.3) is 10.9 Å². The molecule has 1 N–H and O–H groups in total. The summed E-state index contributed by atoms with van der Waals surface area (Å²) in [4.78, 5) is 4.72. The number of hydrogen-bond acceptors (Lipinski definition) is 1. The SMILES string of the molecule is CCCN(CC)CCc1c(C(F)(F)F)[nH]c2ccccc12. The van der Waals surface area contributed by atoms with E-state index in [-0.39, 0.29) is 0 Å². The Hall–Kier alpha value is -1.49. The molecule has 1 aromatic heterocycles. The van der Waals surface area contributed by atoms with Crippen molar-refractivity contribution in [2.75, 3.05) is 19.6 Å². The van der Waals surface area contributed by atoms with E-state index >= 15 is 0 Å². The van der Waals surface area contributed by atoms with E-state index in [1.54, 1.807) is 24.3 Å². The highest BCUT2D eigenvalue weighted by molar-refractivity contribution is 5.84. The summed E-state index contributed by atoms with van der Waals surface area (Å²) in [5.41, 5.74) is 0.335. The first-order valence-corrected chi connectivity index (χ1v) is 7.36. The summed E-state index contributed by atoms with van der Waals surface area (Å²) in [6.45, 7) is 6.54. The first-order valence-electron chi connectivity index (χ1n) is 7.36. The number of nitrogens with one attached hydrogen (secondary N) is 1. The van der Waals surface area contributed by atoms with Gasteiger partial charge < -0.3 is 9.88 Å². The third kappa shape index (κ3) is 3.59. The van der Waals surface area contributed by atoms with Gasteiger partial charge in [0.25, 0.3) is 0 Å². The molecular weight excluding hydrogens is 277 g/mol. The van der Waals surface area contributed by atoms with Crippen molar-refractivity contribution < 1.29 is 13.2 Å². The Bertz CT molecular complexity index is 587. The van der Waals surface area contributed by atoms with Gasteiger partial charge in [-0.05, 0) is 37.6 Å². The standard InChI is InChI=1S/C16H21F3N2/c1-3-10-21(4-2)11-9-13-12-7-5-6-8-14(12)20-15(13)16(17,18)19/h5-8,20H,3-4,9-11H2,1-2H3. The number of benzene rings is 1. The summed E-state index contributed by atoms with van der Waals surface area (Å²) >= 11 is 0. The molecule has 0 fully saturated rings. The maximum atomic E-state index is 13.2. The molecule has 0 aliphatic heterocycles. The highest BCUT2D eigenvalue weighted by Gasteiger charge is 2.36. The highest BCUT2D eigenvalue weighted by Crippen LogP contribution is 2.35. The van der Waals surface area contributed by atoms with Crippen LogP contribution in [0.1, 0.15) is 31.5 Å². The lowest BCUT2D eigenvalue weighted by Crippen LogP contribution is -2.27. The van der Waals surface area contributed by atoms with E-state index in [0.29, 0.717) is 29.4 Å². The van der Waals surface area contributed by atoms with Crippen LogP contribution in [0.5, 0.6) is 0 Å². The zero-order valence-corrected chi connectivity index (χ0v) is 12.4. The summed E-state index contributed by atoms with van der Waals surface area (Å²) in [5.74, 6) is 0. The van der Waals surface area contributed by atoms with Crippen LogP contribution in [0.4, 0.5) is 13.2 Å². The molecule has 5 heteroatoms. The van der Waals surface area contributed by atoms with Crippen LogP contribution >= 0.6 is 0 Å². The zero-order chi connectivity index (χ0) is 15.5. The van der Waals surface area contributed by atoms with Crippen molar-refractivity contribution >= 4 is 10.9 Å². The summed E-state index contributed by atoms with van der Waals surface area (Å²) in [6.07, 6.45) is -2.92. The fourth-order valence-electron chi connectivity index (χ4n) is 2.72. The first kappa shape index (κ1) is 15.9. The number of nitrogens with zero attached hydrogens (tertiary/aromatic N) is 1. The van der Waals surface area contributed by atoms with E-state index in [1.165, 1.54) is 0 Å². The number of rotatable bonds is 6. The molecular formula is C16H21F3N2. The summed E-state index contributed by atoms with van der Waals surface area (Å²) in [5, 5.41) is 0.678. The fourth-order valence-corrected chi connectivity index (χ4v) is 2.72. The van der Waals surface area contributed by atoms with Gasteiger partial charge in [0.05, 0.1) is 0 Å². The van der Waals surface area contributed by atoms with Gasteiger partial charge in [-0.3, -0.25) is 0 Å². The lowest BCUT2D eigenvalue weighted by molar-refractivity contribution is -0.141. The van der Waals surface area contributed by atoms with E-state index in [2.05, 4.69) is 16.8 Å². The molecule has 2 nitrogen and oxygen atoms in total. The molecule has 0 aliphatic rings. The molecule has 0 atom stereocenters. The van der Waals surface area contributed by atoms with E-state index in [0.717, 1.165) is 19.5 Å². The molecule has 1 aromatic carbocycles. The molecule has 0 amide bonds. The third-order valence-corrected chi connectivity index (χ3v) is 3.76. The molecule has 21 heavy (non-hydrogen) atoms. The predicted octanol–water partition coefficient (Wildman–Crippen LogP) is 4.46. The number of hydrogen-bond donors (Lipinski definition) is 1. The van der Waals surface area contributed by atoms with Gasteiger partial charge in [-0.25, -0.2) is 0 Å². The van der Waals surface area contributed by atoms with Crippen molar-refractivity contribution in [2.24, 2.45) is 0 Å². The maximum Gasteiger partial charge on any atom is 0.431 e. The normalized spacial score (nSPS) is 12.5. The monoisotopic (exact) mass is 298 g/mol. The van der Waals surface area contributed by atoms with E-state index < -0.39 is 11.9 Å². The van der Waals surface area contributed by atoms with E-state index in [4.69, 9.17) is 0 Å². The number of aromatic nitrogens is 1. The lowest BCUT2D eigenvalue weighted by Gasteiger charge is -2.19. The van der Waals surface area contributed by atoms with Gasteiger partial charge in [0, 0.05) is 17.4 Å². The van der Waals surface area contributed by atoms with Crippen LogP contribution < -0.4 is 0 Å². The van der Waals surface area contributed by atoms with Crippen LogP contribution in [0.2, 0.25) is 0 Å². The molecule has 0 unspecified atom stereocenters. The smallest absolute Gasteiger partial charge is 0.351 e.